The summed E-state index contributed by atoms with van der Waals surface area (Å²) in [6.45, 7) is 4.24. The van der Waals surface area contributed by atoms with E-state index in [0.717, 1.165) is 12.5 Å². The summed E-state index contributed by atoms with van der Waals surface area (Å²) in [4.78, 5) is 7.52. The Balaban J connectivity index is 3.00. The number of aromatic nitrogens is 2. The van der Waals surface area contributed by atoms with Crippen molar-refractivity contribution in [1.82, 2.24) is 9.97 Å². The monoisotopic (exact) mass is 306 g/mol. The van der Waals surface area contributed by atoms with Gasteiger partial charge in [-0.2, -0.15) is 18.2 Å². The largest absolute Gasteiger partial charge is 0.433 e. The van der Waals surface area contributed by atoms with E-state index >= 15 is 0 Å². The maximum atomic E-state index is 12.9. The molecule has 0 aromatic carbocycles. The van der Waals surface area contributed by atoms with E-state index in [1.807, 2.05) is 13.8 Å². The Hall–Kier alpha value is -1.57. The Kier molecular flexibility index (Phi) is 6.67. The molecule has 1 atom stereocenters. The molecule has 0 radical (unpaired) electrons. The lowest BCUT2D eigenvalue weighted by molar-refractivity contribution is -0.141. The molecule has 0 bridgehead atoms. The normalized spacial score (nSPS) is 13.0. The minimum atomic E-state index is -4.53. The Bertz CT molecular complexity index is 440. The van der Waals surface area contributed by atoms with Gasteiger partial charge in [-0.1, -0.05) is 13.8 Å². The van der Waals surface area contributed by atoms with E-state index in [0.29, 0.717) is 19.4 Å². The van der Waals surface area contributed by atoms with Crippen molar-refractivity contribution in [1.29, 1.82) is 0 Å². The number of hydrogen-bond donors (Lipinski definition) is 3. The molecule has 0 aliphatic rings. The average Bonchev–Trinajstić information content (AvgIpc) is 2.43. The zero-order valence-electron chi connectivity index (χ0n) is 12.2. The quantitative estimate of drug-likeness (QED) is 0.689. The number of anilines is 2. The van der Waals surface area contributed by atoms with Crippen LogP contribution in [-0.2, 0) is 6.18 Å². The highest BCUT2D eigenvalue weighted by atomic mass is 19.4. The third-order valence-electron chi connectivity index (χ3n) is 2.87. The SMILES string of the molecule is CCCNc1nc(NC(CC)CCO)cc(C(F)(F)F)n1. The lowest BCUT2D eigenvalue weighted by atomic mass is 10.1. The summed E-state index contributed by atoms with van der Waals surface area (Å²) in [5.41, 5.74) is -0.988. The van der Waals surface area contributed by atoms with Gasteiger partial charge < -0.3 is 15.7 Å². The molecule has 1 unspecified atom stereocenters. The van der Waals surface area contributed by atoms with Gasteiger partial charge in [0, 0.05) is 25.3 Å². The van der Waals surface area contributed by atoms with Crippen molar-refractivity contribution < 1.29 is 18.3 Å². The van der Waals surface area contributed by atoms with E-state index in [-0.39, 0.29) is 24.4 Å². The van der Waals surface area contributed by atoms with Crippen LogP contribution in [0.2, 0.25) is 0 Å². The first-order valence-corrected chi connectivity index (χ1v) is 6.98. The van der Waals surface area contributed by atoms with Gasteiger partial charge in [0.1, 0.15) is 5.82 Å². The molecule has 0 amide bonds. The van der Waals surface area contributed by atoms with E-state index in [4.69, 9.17) is 5.11 Å². The number of halogens is 3. The molecule has 0 saturated carbocycles. The van der Waals surface area contributed by atoms with Gasteiger partial charge in [-0.05, 0) is 19.3 Å². The lowest BCUT2D eigenvalue weighted by Crippen LogP contribution is -2.22. The van der Waals surface area contributed by atoms with Gasteiger partial charge in [0.2, 0.25) is 5.95 Å². The number of rotatable bonds is 8. The standard InChI is InChI=1S/C13H21F3N4O/c1-3-6-17-12-19-10(13(14,15)16)8-11(20-12)18-9(4-2)5-7-21/h8-9,21H,3-7H2,1-2H3,(H2,17,18,19,20). The number of aliphatic hydroxyl groups excluding tert-OH is 1. The molecule has 0 spiro atoms. The highest BCUT2D eigenvalue weighted by Crippen LogP contribution is 2.30. The van der Waals surface area contributed by atoms with Crippen LogP contribution in [-0.4, -0.2) is 34.3 Å². The first kappa shape index (κ1) is 17.5. The second kappa shape index (κ2) is 8.02. The molecule has 0 aliphatic heterocycles. The number of alkyl halides is 3. The molecule has 3 N–H and O–H groups in total. The van der Waals surface area contributed by atoms with E-state index in [1.165, 1.54) is 0 Å². The summed E-state index contributed by atoms with van der Waals surface area (Å²) in [7, 11) is 0. The van der Waals surface area contributed by atoms with E-state index in [9.17, 15) is 13.2 Å². The Morgan fingerprint density at radius 1 is 1.29 bits per heavy atom. The molecule has 0 fully saturated rings. The van der Waals surface area contributed by atoms with Crippen molar-refractivity contribution in [2.45, 2.75) is 45.3 Å². The van der Waals surface area contributed by atoms with Crippen LogP contribution >= 0.6 is 0 Å². The predicted molar refractivity (Wildman–Crippen MR) is 75.2 cm³/mol. The first-order valence-electron chi connectivity index (χ1n) is 6.98. The van der Waals surface area contributed by atoms with Crippen molar-refractivity contribution in [3.05, 3.63) is 11.8 Å². The number of aliphatic hydroxyl groups is 1. The highest BCUT2D eigenvalue weighted by Gasteiger charge is 2.33. The highest BCUT2D eigenvalue weighted by molar-refractivity contribution is 5.43. The minimum absolute atomic E-state index is 0.0380. The Morgan fingerprint density at radius 3 is 2.52 bits per heavy atom. The predicted octanol–water partition coefficient (Wildman–Crippen LogP) is 2.89. The third-order valence-corrected chi connectivity index (χ3v) is 2.87. The summed E-state index contributed by atoms with van der Waals surface area (Å²) >= 11 is 0. The zero-order valence-corrected chi connectivity index (χ0v) is 12.2. The minimum Gasteiger partial charge on any atom is -0.396 e. The maximum Gasteiger partial charge on any atom is 0.433 e. The molecule has 1 aromatic rings. The first-order chi connectivity index (χ1) is 9.90. The van der Waals surface area contributed by atoms with Crippen LogP contribution in [0.1, 0.15) is 38.8 Å². The second-order valence-corrected chi connectivity index (χ2v) is 4.65. The van der Waals surface area contributed by atoms with Gasteiger partial charge in [-0.25, -0.2) is 4.98 Å². The summed E-state index contributed by atoms with van der Waals surface area (Å²) in [5.74, 6) is 0.0595. The molecule has 5 nitrogen and oxygen atoms in total. The number of nitrogens with zero attached hydrogens (tertiary/aromatic N) is 2. The molecule has 120 valence electrons. The van der Waals surface area contributed by atoms with Crippen LogP contribution in [0, 0.1) is 0 Å². The van der Waals surface area contributed by atoms with Crippen molar-refractivity contribution in [3.63, 3.8) is 0 Å². The van der Waals surface area contributed by atoms with Crippen LogP contribution in [0.15, 0.2) is 6.07 Å². The van der Waals surface area contributed by atoms with E-state index in [1.54, 1.807) is 0 Å². The number of hydrogen-bond acceptors (Lipinski definition) is 5. The molecule has 1 rings (SSSR count). The van der Waals surface area contributed by atoms with Crippen molar-refractivity contribution in [2.75, 3.05) is 23.8 Å². The van der Waals surface area contributed by atoms with Gasteiger partial charge in [-0.3, -0.25) is 0 Å². The molecule has 1 heterocycles. The van der Waals surface area contributed by atoms with Gasteiger partial charge in [0.25, 0.3) is 0 Å². The topological polar surface area (TPSA) is 70.1 Å². The van der Waals surface area contributed by atoms with Crippen LogP contribution in [0.4, 0.5) is 24.9 Å². The van der Waals surface area contributed by atoms with Crippen molar-refractivity contribution in [3.8, 4) is 0 Å². The Labute approximate surface area is 122 Å². The maximum absolute atomic E-state index is 12.9. The summed E-state index contributed by atoms with van der Waals surface area (Å²) < 4.78 is 38.6. The van der Waals surface area contributed by atoms with Gasteiger partial charge in [-0.15, -0.1) is 0 Å². The van der Waals surface area contributed by atoms with Gasteiger partial charge in [0.05, 0.1) is 0 Å². The molecule has 1 aromatic heterocycles. The fourth-order valence-corrected chi connectivity index (χ4v) is 1.73. The average molecular weight is 306 g/mol. The number of nitrogens with one attached hydrogen (secondary N) is 2. The molecule has 0 aliphatic carbocycles. The molecule has 0 saturated heterocycles. The smallest absolute Gasteiger partial charge is 0.396 e. The van der Waals surface area contributed by atoms with Gasteiger partial charge in [0.15, 0.2) is 5.69 Å². The molecule has 21 heavy (non-hydrogen) atoms. The van der Waals surface area contributed by atoms with Crippen LogP contribution in [0.5, 0.6) is 0 Å². The fraction of sp³-hybridized carbons (Fsp3) is 0.692. The van der Waals surface area contributed by atoms with Crippen LogP contribution in [0.25, 0.3) is 0 Å². The van der Waals surface area contributed by atoms with E-state index < -0.39 is 11.9 Å². The van der Waals surface area contributed by atoms with Crippen LogP contribution < -0.4 is 10.6 Å². The molecular weight excluding hydrogens is 285 g/mol. The molecular formula is C13H21F3N4O. The van der Waals surface area contributed by atoms with Crippen molar-refractivity contribution >= 4 is 11.8 Å². The summed E-state index contributed by atoms with van der Waals surface area (Å²) in [6, 6.07) is 0.752. The molecule has 8 heteroatoms. The summed E-state index contributed by atoms with van der Waals surface area (Å²) in [5, 5.41) is 14.6. The zero-order chi connectivity index (χ0) is 15.9. The summed E-state index contributed by atoms with van der Waals surface area (Å²) in [6.07, 6.45) is -2.66. The Morgan fingerprint density at radius 2 is 2.00 bits per heavy atom. The second-order valence-electron chi connectivity index (χ2n) is 4.65. The van der Waals surface area contributed by atoms with E-state index in [2.05, 4.69) is 20.6 Å². The lowest BCUT2D eigenvalue weighted by Gasteiger charge is -2.18. The van der Waals surface area contributed by atoms with Crippen molar-refractivity contribution in [2.24, 2.45) is 0 Å². The van der Waals surface area contributed by atoms with Crippen LogP contribution in [0.3, 0.4) is 0 Å². The van der Waals surface area contributed by atoms with Gasteiger partial charge >= 0.3 is 6.18 Å². The fourth-order valence-electron chi connectivity index (χ4n) is 1.73. The third kappa shape index (κ3) is 5.74.